The SMILES string of the molecule is NC(=O)C(COCCC1CCC1)(NC1CC1)C1CC1. The van der Waals surface area contributed by atoms with Crippen molar-refractivity contribution in [1.82, 2.24) is 5.32 Å². The first-order chi connectivity index (χ1) is 9.21. The van der Waals surface area contributed by atoms with Gasteiger partial charge in [-0.3, -0.25) is 10.1 Å². The minimum absolute atomic E-state index is 0.217. The Hall–Kier alpha value is -0.610. The Balaban J connectivity index is 1.50. The Morgan fingerprint density at radius 3 is 2.42 bits per heavy atom. The fourth-order valence-corrected chi connectivity index (χ4v) is 3.05. The van der Waals surface area contributed by atoms with E-state index in [4.69, 9.17) is 10.5 Å². The molecule has 3 fully saturated rings. The van der Waals surface area contributed by atoms with Crippen molar-refractivity contribution in [3.05, 3.63) is 0 Å². The van der Waals surface area contributed by atoms with Crippen LogP contribution < -0.4 is 11.1 Å². The molecular weight excluding hydrogens is 240 g/mol. The van der Waals surface area contributed by atoms with E-state index in [2.05, 4.69) is 5.32 Å². The predicted octanol–water partition coefficient (Wildman–Crippen LogP) is 1.58. The summed E-state index contributed by atoms with van der Waals surface area (Å²) in [6.45, 7) is 1.25. The van der Waals surface area contributed by atoms with Gasteiger partial charge in [-0.2, -0.15) is 0 Å². The zero-order chi connectivity index (χ0) is 13.3. The number of nitrogens with two attached hydrogens (primary N) is 1. The van der Waals surface area contributed by atoms with Crippen LogP contribution in [-0.4, -0.2) is 30.7 Å². The average Bonchev–Trinajstić information content (AvgIpc) is 3.16. The van der Waals surface area contributed by atoms with Crippen molar-refractivity contribution in [2.75, 3.05) is 13.2 Å². The summed E-state index contributed by atoms with van der Waals surface area (Å²) >= 11 is 0. The zero-order valence-electron chi connectivity index (χ0n) is 11.7. The molecule has 1 unspecified atom stereocenters. The van der Waals surface area contributed by atoms with Gasteiger partial charge in [0.15, 0.2) is 0 Å². The van der Waals surface area contributed by atoms with Crippen LogP contribution >= 0.6 is 0 Å². The van der Waals surface area contributed by atoms with Gasteiger partial charge in [0, 0.05) is 12.6 Å². The minimum Gasteiger partial charge on any atom is -0.379 e. The molecule has 108 valence electrons. The fourth-order valence-electron chi connectivity index (χ4n) is 3.05. The molecule has 0 saturated heterocycles. The quantitative estimate of drug-likeness (QED) is 0.623. The van der Waals surface area contributed by atoms with Crippen LogP contribution in [0.15, 0.2) is 0 Å². The first kappa shape index (κ1) is 13.4. The van der Waals surface area contributed by atoms with Crippen LogP contribution in [0.4, 0.5) is 0 Å². The number of ether oxygens (including phenoxy) is 1. The molecule has 0 bridgehead atoms. The first-order valence-electron chi connectivity index (χ1n) is 7.86. The molecule has 4 nitrogen and oxygen atoms in total. The first-order valence-corrected chi connectivity index (χ1v) is 7.86. The van der Waals surface area contributed by atoms with Crippen molar-refractivity contribution in [2.24, 2.45) is 17.6 Å². The third kappa shape index (κ3) is 3.11. The molecule has 0 aromatic rings. The van der Waals surface area contributed by atoms with Crippen LogP contribution in [-0.2, 0) is 9.53 Å². The van der Waals surface area contributed by atoms with Crippen molar-refractivity contribution >= 4 is 5.91 Å². The lowest BCUT2D eigenvalue weighted by Crippen LogP contribution is -2.61. The van der Waals surface area contributed by atoms with Gasteiger partial charge >= 0.3 is 0 Å². The Morgan fingerprint density at radius 2 is 1.95 bits per heavy atom. The standard InChI is InChI=1S/C15H26N2O2/c16-14(18)15(12-4-5-12,17-13-6-7-13)10-19-9-8-11-2-1-3-11/h11-13,17H,1-10H2,(H2,16,18). The van der Waals surface area contributed by atoms with E-state index in [0.29, 0.717) is 18.6 Å². The lowest BCUT2D eigenvalue weighted by atomic mass is 9.83. The van der Waals surface area contributed by atoms with E-state index in [1.807, 2.05) is 0 Å². The highest BCUT2D eigenvalue weighted by molar-refractivity contribution is 5.86. The highest BCUT2D eigenvalue weighted by Crippen LogP contribution is 2.42. The van der Waals surface area contributed by atoms with Crippen molar-refractivity contribution in [2.45, 2.75) is 62.9 Å². The van der Waals surface area contributed by atoms with Crippen LogP contribution in [0.1, 0.15) is 51.4 Å². The fraction of sp³-hybridized carbons (Fsp3) is 0.933. The summed E-state index contributed by atoms with van der Waals surface area (Å²) in [5.41, 5.74) is 5.10. The van der Waals surface area contributed by atoms with Crippen LogP contribution in [0.25, 0.3) is 0 Å². The summed E-state index contributed by atoms with van der Waals surface area (Å²) in [6.07, 6.45) is 9.78. The molecule has 4 heteroatoms. The Labute approximate surface area is 115 Å². The van der Waals surface area contributed by atoms with Gasteiger partial charge < -0.3 is 10.5 Å². The molecular formula is C15H26N2O2. The second kappa shape index (κ2) is 5.41. The second-order valence-electron chi connectivity index (χ2n) is 6.67. The number of carbonyl (C=O) groups excluding carboxylic acids is 1. The highest BCUT2D eigenvalue weighted by atomic mass is 16.5. The van der Waals surface area contributed by atoms with Gasteiger partial charge in [0.1, 0.15) is 5.54 Å². The number of rotatable bonds is 9. The van der Waals surface area contributed by atoms with Crippen LogP contribution in [0.3, 0.4) is 0 Å². The Bertz CT molecular complexity index is 335. The van der Waals surface area contributed by atoms with Gasteiger partial charge in [-0.25, -0.2) is 0 Å². The molecule has 0 heterocycles. The molecule has 3 aliphatic carbocycles. The zero-order valence-corrected chi connectivity index (χ0v) is 11.7. The number of amides is 1. The number of hydrogen-bond acceptors (Lipinski definition) is 3. The molecule has 0 aliphatic heterocycles. The average molecular weight is 266 g/mol. The van der Waals surface area contributed by atoms with E-state index in [9.17, 15) is 4.79 Å². The highest BCUT2D eigenvalue weighted by Gasteiger charge is 2.52. The molecule has 0 aromatic heterocycles. The smallest absolute Gasteiger partial charge is 0.240 e. The van der Waals surface area contributed by atoms with E-state index < -0.39 is 5.54 Å². The molecule has 3 aliphatic rings. The number of carbonyl (C=O) groups is 1. The summed E-state index contributed by atoms with van der Waals surface area (Å²) in [4.78, 5) is 11.9. The summed E-state index contributed by atoms with van der Waals surface area (Å²) in [5, 5.41) is 3.48. The summed E-state index contributed by atoms with van der Waals surface area (Å²) < 4.78 is 5.83. The molecule has 1 amide bonds. The lowest BCUT2D eigenvalue weighted by molar-refractivity contribution is -0.128. The molecule has 3 N–H and O–H groups in total. The van der Waals surface area contributed by atoms with Gasteiger partial charge in [-0.1, -0.05) is 19.3 Å². The van der Waals surface area contributed by atoms with Crippen molar-refractivity contribution in [3.63, 3.8) is 0 Å². The third-order valence-electron chi connectivity index (χ3n) is 4.98. The van der Waals surface area contributed by atoms with Crippen molar-refractivity contribution in [3.8, 4) is 0 Å². The van der Waals surface area contributed by atoms with Gasteiger partial charge in [-0.05, 0) is 43.9 Å². The number of nitrogens with one attached hydrogen (secondary N) is 1. The van der Waals surface area contributed by atoms with E-state index in [1.54, 1.807) is 0 Å². The maximum absolute atomic E-state index is 11.9. The van der Waals surface area contributed by atoms with E-state index in [-0.39, 0.29) is 5.91 Å². The van der Waals surface area contributed by atoms with Gasteiger partial charge in [0.05, 0.1) is 6.61 Å². The molecule has 3 rings (SSSR count). The topological polar surface area (TPSA) is 64.4 Å². The molecule has 0 aromatic carbocycles. The van der Waals surface area contributed by atoms with Crippen LogP contribution in [0.2, 0.25) is 0 Å². The Morgan fingerprint density at radius 1 is 1.21 bits per heavy atom. The van der Waals surface area contributed by atoms with Crippen molar-refractivity contribution < 1.29 is 9.53 Å². The number of hydrogen-bond donors (Lipinski definition) is 2. The van der Waals surface area contributed by atoms with Gasteiger partial charge in [0.25, 0.3) is 0 Å². The van der Waals surface area contributed by atoms with Crippen LogP contribution in [0, 0.1) is 11.8 Å². The maximum Gasteiger partial charge on any atom is 0.240 e. The summed E-state index contributed by atoms with van der Waals surface area (Å²) in [6, 6.07) is 0.489. The van der Waals surface area contributed by atoms with Crippen LogP contribution in [0.5, 0.6) is 0 Å². The predicted molar refractivity (Wildman–Crippen MR) is 73.6 cm³/mol. The summed E-state index contributed by atoms with van der Waals surface area (Å²) in [5.74, 6) is 1.04. The van der Waals surface area contributed by atoms with Gasteiger partial charge in [0.2, 0.25) is 5.91 Å². The van der Waals surface area contributed by atoms with E-state index >= 15 is 0 Å². The van der Waals surface area contributed by atoms with Crippen molar-refractivity contribution in [1.29, 1.82) is 0 Å². The lowest BCUT2D eigenvalue weighted by Gasteiger charge is -2.32. The summed E-state index contributed by atoms with van der Waals surface area (Å²) in [7, 11) is 0. The van der Waals surface area contributed by atoms with Gasteiger partial charge in [-0.15, -0.1) is 0 Å². The molecule has 19 heavy (non-hydrogen) atoms. The van der Waals surface area contributed by atoms with E-state index in [0.717, 1.165) is 31.8 Å². The largest absolute Gasteiger partial charge is 0.379 e. The van der Waals surface area contributed by atoms with E-state index in [1.165, 1.54) is 32.1 Å². The third-order valence-corrected chi connectivity index (χ3v) is 4.98. The normalized spacial score (nSPS) is 26.7. The Kier molecular flexibility index (Phi) is 3.81. The molecule has 0 radical (unpaired) electrons. The second-order valence-corrected chi connectivity index (χ2v) is 6.67. The maximum atomic E-state index is 11.9. The monoisotopic (exact) mass is 266 g/mol. The molecule has 1 atom stereocenters. The number of primary amides is 1. The molecule has 0 spiro atoms. The minimum atomic E-state index is -0.583. The molecule has 3 saturated carbocycles.